The minimum absolute atomic E-state index is 0.0180. The van der Waals surface area contributed by atoms with E-state index in [4.69, 9.17) is 9.47 Å². The van der Waals surface area contributed by atoms with Crippen LogP contribution < -0.4 is 0 Å². The van der Waals surface area contributed by atoms with Gasteiger partial charge in [-0.05, 0) is 6.42 Å². The number of allylic oxidation sites excluding steroid dienone is 1. The summed E-state index contributed by atoms with van der Waals surface area (Å²) in [6.07, 6.45) is 4.87. The van der Waals surface area contributed by atoms with Crippen molar-refractivity contribution in [2.45, 2.75) is 12.8 Å². The second kappa shape index (κ2) is 9.39. The molecule has 0 aliphatic carbocycles. The molecule has 0 amide bonds. The van der Waals surface area contributed by atoms with Crippen LogP contribution in [0.1, 0.15) is 12.8 Å². The van der Waals surface area contributed by atoms with E-state index in [1.54, 1.807) is 6.08 Å². The van der Waals surface area contributed by atoms with Gasteiger partial charge in [-0.3, -0.25) is 9.59 Å². The molecular weight excluding hydrogens is 220 g/mol. The largest absolute Gasteiger partial charge is 0.461 e. The highest BCUT2D eigenvalue weighted by atomic mass is 16.5. The predicted octanol–water partition coefficient (Wildman–Crippen LogP) is 2.03. The summed E-state index contributed by atoms with van der Waals surface area (Å²) in [5.41, 5.74) is 0. The van der Waals surface area contributed by atoms with Crippen molar-refractivity contribution in [1.29, 1.82) is 0 Å². The summed E-state index contributed by atoms with van der Waals surface area (Å²) in [6.45, 7) is 10.7. The zero-order chi connectivity index (χ0) is 13.1. The van der Waals surface area contributed by atoms with Gasteiger partial charge in [0.25, 0.3) is 0 Å². The van der Waals surface area contributed by atoms with Crippen molar-refractivity contribution in [3.05, 3.63) is 38.0 Å². The van der Waals surface area contributed by atoms with Crippen molar-refractivity contribution in [1.82, 2.24) is 0 Å². The zero-order valence-electron chi connectivity index (χ0n) is 9.89. The van der Waals surface area contributed by atoms with Crippen LogP contribution in [0.3, 0.4) is 0 Å². The fraction of sp³-hybridized carbons (Fsp3) is 0.385. The molecule has 1 atom stereocenters. The summed E-state index contributed by atoms with van der Waals surface area (Å²) in [5.74, 6) is -1.45. The van der Waals surface area contributed by atoms with Gasteiger partial charge >= 0.3 is 11.9 Å². The van der Waals surface area contributed by atoms with Crippen molar-refractivity contribution in [3.8, 4) is 0 Å². The van der Waals surface area contributed by atoms with Crippen LogP contribution in [0.15, 0.2) is 38.0 Å². The minimum Gasteiger partial charge on any atom is -0.461 e. The molecule has 0 aromatic rings. The minimum atomic E-state index is -0.551. The van der Waals surface area contributed by atoms with Gasteiger partial charge in [-0.25, -0.2) is 0 Å². The maximum atomic E-state index is 11.6. The Morgan fingerprint density at radius 2 is 1.59 bits per heavy atom. The van der Waals surface area contributed by atoms with Crippen LogP contribution in [0.25, 0.3) is 0 Å². The van der Waals surface area contributed by atoms with Gasteiger partial charge in [0, 0.05) is 0 Å². The smallest absolute Gasteiger partial charge is 0.310 e. The topological polar surface area (TPSA) is 52.6 Å². The Labute approximate surface area is 102 Å². The summed E-state index contributed by atoms with van der Waals surface area (Å²) in [7, 11) is 0. The van der Waals surface area contributed by atoms with Crippen molar-refractivity contribution < 1.29 is 19.1 Å². The number of hydrogen-bond donors (Lipinski definition) is 0. The molecule has 0 rings (SSSR count). The van der Waals surface area contributed by atoms with Gasteiger partial charge in [0.1, 0.15) is 13.2 Å². The lowest BCUT2D eigenvalue weighted by atomic mass is 10.0. The van der Waals surface area contributed by atoms with Crippen LogP contribution in [-0.4, -0.2) is 25.2 Å². The predicted molar refractivity (Wildman–Crippen MR) is 65.2 cm³/mol. The molecule has 1 unspecified atom stereocenters. The molecule has 0 aliphatic heterocycles. The van der Waals surface area contributed by atoms with E-state index in [9.17, 15) is 9.59 Å². The Morgan fingerprint density at radius 3 is 2.12 bits per heavy atom. The Morgan fingerprint density at radius 1 is 1.00 bits per heavy atom. The number of hydrogen-bond acceptors (Lipinski definition) is 4. The summed E-state index contributed by atoms with van der Waals surface area (Å²) in [6, 6.07) is 0. The summed E-state index contributed by atoms with van der Waals surface area (Å²) in [4.78, 5) is 22.9. The standard InChI is InChI=1S/C13H18O4/c1-4-7-11(13(15)17-9-6-3)10-12(14)16-8-5-2/h4-6,11H,1-3,7-10H2. The average Bonchev–Trinajstić information content (AvgIpc) is 2.32. The molecule has 0 spiro atoms. The zero-order valence-corrected chi connectivity index (χ0v) is 9.89. The quantitative estimate of drug-likeness (QED) is 0.455. The van der Waals surface area contributed by atoms with Crippen molar-refractivity contribution in [2.24, 2.45) is 5.92 Å². The van der Waals surface area contributed by atoms with Crippen molar-refractivity contribution in [3.63, 3.8) is 0 Å². The second-order valence-electron chi connectivity index (χ2n) is 3.32. The van der Waals surface area contributed by atoms with E-state index in [2.05, 4.69) is 19.7 Å². The molecule has 0 aromatic carbocycles. The van der Waals surface area contributed by atoms with Crippen molar-refractivity contribution >= 4 is 11.9 Å². The molecule has 0 heterocycles. The first-order valence-electron chi connectivity index (χ1n) is 5.30. The van der Waals surface area contributed by atoms with Gasteiger partial charge in [-0.1, -0.05) is 31.4 Å². The van der Waals surface area contributed by atoms with Gasteiger partial charge in [0.2, 0.25) is 0 Å². The van der Waals surface area contributed by atoms with Crippen LogP contribution in [0.2, 0.25) is 0 Å². The van der Waals surface area contributed by atoms with Gasteiger partial charge in [0.05, 0.1) is 12.3 Å². The molecule has 4 heteroatoms. The molecule has 0 saturated heterocycles. The van der Waals surface area contributed by atoms with E-state index in [-0.39, 0.29) is 19.6 Å². The first kappa shape index (κ1) is 15.2. The fourth-order valence-corrected chi connectivity index (χ4v) is 1.13. The van der Waals surface area contributed by atoms with Gasteiger partial charge in [0.15, 0.2) is 0 Å². The van der Waals surface area contributed by atoms with E-state index in [1.165, 1.54) is 12.2 Å². The normalized spacial score (nSPS) is 11.1. The van der Waals surface area contributed by atoms with Gasteiger partial charge in [-0.2, -0.15) is 0 Å². The third kappa shape index (κ3) is 7.11. The third-order valence-electron chi connectivity index (χ3n) is 1.90. The molecule has 0 fully saturated rings. The first-order valence-corrected chi connectivity index (χ1v) is 5.30. The van der Waals surface area contributed by atoms with Crippen LogP contribution in [0.4, 0.5) is 0 Å². The third-order valence-corrected chi connectivity index (χ3v) is 1.90. The Kier molecular flexibility index (Phi) is 8.37. The summed E-state index contributed by atoms with van der Waals surface area (Å²) < 4.78 is 9.68. The van der Waals surface area contributed by atoms with E-state index in [1.807, 2.05) is 0 Å². The van der Waals surface area contributed by atoms with Crippen LogP contribution in [-0.2, 0) is 19.1 Å². The first-order chi connectivity index (χ1) is 8.15. The number of rotatable bonds is 9. The van der Waals surface area contributed by atoms with Crippen LogP contribution in [0, 0.1) is 5.92 Å². The van der Waals surface area contributed by atoms with Crippen molar-refractivity contribution in [2.75, 3.05) is 13.2 Å². The molecular formula is C13H18O4. The maximum absolute atomic E-state index is 11.6. The second-order valence-corrected chi connectivity index (χ2v) is 3.32. The lowest BCUT2D eigenvalue weighted by Crippen LogP contribution is -2.22. The molecule has 0 saturated carbocycles. The number of carbonyl (C=O) groups is 2. The lowest BCUT2D eigenvalue weighted by molar-refractivity contribution is -0.153. The van der Waals surface area contributed by atoms with Crippen LogP contribution in [0.5, 0.6) is 0 Å². The summed E-state index contributed by atoms with van der Waals surface area (Å²) >= 11 is 0. The molecule has 0 aliphatic rings. The molecule has 17 heavy (non-hydrogen) atoms. The summed E-state index contributed by atoms with van der Waals surface area (Å²) in [5, 5.41) is 0. The lowest BCUT2D eigenvalue weighted by Gasteiger charge is -2.12. The van der Waals surface area contributed by atoms with E-state index < -0.39 is 17.9 Å². The highest BCUT2D eigenvalue weighted by Crippen LogP contribution is 2.12. The van der Waals surface area contributed by atoms with E-state index >= 15 is 0 Å². The maximum Gasteiger partial charge on any atom is 0.310 e. The Bertz CT molecular complexity index is 294. The highest BCUT2D eigenvalue weighted by Gasteiger charge is 2.22. The Hall–Kier alpha value is -1.84. The highest BCUT2D eigenvalue weighted by molar-refractivity contribution is 5.80. The molecule has 0 bridgehead atoms. The average molecular weight is 238 g/mol. The molecule has 0 aromatic heterocycles. The fourth-order valence-electron chi connectivity index (χ4n) is 1.13. The van der Waals surface area contributed by atoms with E-state index in [0.717, 1.165) is 0 Å². The van der Waals surface area contributed by atoms with Gasteiger partial charge < -0.3 is 9.47 Å². The SMILES string of the molecule is C=CCOC(=O)CC(CC=C)C(=O)OCC=C. The monoisotopic (exact) mass is 238 g/mol. The molecule has 4 nitrogen and oxygen atoms in total. The molecule has 94 valence electrons. The van der Waals surface area contributed by atoms with E-state index in [0.29, 0.717) is 6.42 Å². The Balaban J connectivity index is 4.25. The van der Waals surface area contributed by atoms with Gasteiger partial charge in [-0.15, -0.1) is 6.58 Å². The number of carbonyl (C=O) groups excluding carboxylic acids is 2. The molecule has 0 N–H and O–H groups in total. The number of ether oxygens (including phenoxy) is 2. The van der Waals surface area contributed by atoms with Crippen LogP contribution >= 0.6 is 0 Å². The molecule has 0 radical (unpaired) electrons. The number of esters is 2.